The van der Waals surface area contributed by atoms with Gasteiger partial charge in [-0.1, -0.05) is 0 Å². The second-order valence-electron chi connectivity index (χ2n) is 5.52. The van der Waals surface area contributed by atoms with Crippen molar-refractivity contribution in [1.82, 2.24) is 4.90 Å². The molecule has 6 nitrogen and oxygen atoms in total. The maximum Gasteiger partial charge on any atom is 0.269 e. The number of carbonyl (C=O) groups is 1. The molecule has 2 heterocycles. The molecule has 0 N–H and O–H groups in total. The Bertz CT molecular complexity index is 577. The number of piperidine rings is 1. The van der Waals surface area contributed by atoms with E-state index in [1.165, 1.54) is 6.07 Å². The zero-order valence-corrected chi connectivity index (χ0v) is 11.3. The molecule has 0 aromatic heterocycles. The summed E-state index contributed by atoms with van der Waals surface area (Å²) in [7, 11) is 0. The number of hydrogen-bond acceptors (Lipinski definition) is 4. The second kappa shape index (κ2) is 4.47. The molecule has 106 valence electrons. The number of non-ortho nitro benzene ring substituents is 1. The molecule has 0 atom stereocenters. The second-order valence-corrected chi connectivity index (χ2v) is 5.52. The highest BCUT2D eigenvalue weighted by atomic mass is 16.6. The fourth-order valence-corrected chi connectivity index (χ4v) is 3.04. The average Bonchev–Trinajstić information content (AvgIpc) is 2.75. The standard InChI is InChI=1S/C14H16N2O4/c1-10(17)15-6-4-14(5-7-15)9-11-8-12(16(18)19)2-3-13(11)20-14/h2-3,8H,4-7,9H2,1H3. The van der Waals surface area contributed by atoms with Crippen LogP contribution in [0.2, 0.25) is 0 Å². The molecule has 1 aromatic carbocycles. The lowest BCUT2D eigenvalue weighted by Crippen LogP contribution is -2.48. The molecule has 0 bridgehead atoms. The average molecular weight is 276 g/mol. The van der Waals surface area contributed by atoms with Crippen molar-refractivity contribution in [3.8, 4) is 5.75 Å². The van der Waals surface area contributed by atoms with Crippen LogP contribution in [-0.4, -0.2) is 34.4 Å². The fourth-order valence-electron chi connectivity index (χ4n) is 3.04. The van der Waals surface area contributed by atoms with Crippen molar-refractivity contribution in [2.45, 2.75) is 31.8 Å². The Kier molecular flexibility index (Phi) is 2.88. The highest BCUT2D eigenvalue weighted by molar-refractivity contribution is 5.73. The summed E-state index contributed by atoms with van der Waals surface area (Å²) in [5, 5.41) is 10.8. The first kappa shape index (κ1) is 12.9. The van der Waals surface area contributed by atoms with Crippen LogP contribution in [0.3, 0.4) is 0 Å². The summed E-state index contributed by atoms with van der Waals surface area (Å²) in [4.78, 5) is 23.6. The molecule has 0 aliphatic carbocycles. The Labute approximate surface area is 116 Å². The molecule has 3 rings (SSSR count). The minimum atomic E-state index is -0.385. The number of likely N-dealkylation sites (tertiary alicyclic amines) is 1. The molecular weight excluding hydrogens is 260 g/mol. The Balaban J connectivity index is 1.77. The van der Waals surface area contributed by atoms with Crippen molar-refractivity contribution in [3.63, 3.8) is 0 Å². The summed E-state index contributed by atoms with van der Waals surface area (Å²) < 4.78 is 6.04. The van der Waals surface area contributed by atoms with Gasteiger partial charge >= 0.3 is 0 Å². The summed E-state index contributed by atoms with van der Waals surface area (Å²) in [5.74, 6) is 0.831. The van der Waals surface area contributed by atoms with Gasteiger partial charge < -0.3 is 9.64 Å². The van der Waals surface area contributed by atoms with Crippen LogP contribution in [0.15, 0.2) is 18.2 Å². The van der Waals surface area contributed by atoms with Crippen LogP contribution in [-0.2, 0) is 11.2 Å². The van der Waals surface area contributed by atoms with E-state index < -0.39 is 0 Å². The van der Waals surface area contributed by atoms with Gasteiger partial charge in [0.2, 0.25) is 5.91 Å². The summed E-state index contributed by atoms with van der Waals surface area (Å²) >= 11 is 0. The van der Waals surface area contributed by atoms with Crippen molar-refractivity contribution >= 4 is 11.6 Å². The highest BCUT2D eigenvalue weighted by Gasteiger charge is 2.42. The largest absolute Gasteiger partial charge is 0.487 e. The van der Waals surface area contributed by atoms with Gasteiger partial charge in [-0.15, -0.1) is 0 Å². The van der Waals surface area contributed by atoms with Gasteiger partial charge in [0.25, 0.3) is 5.69 Å². The van der Waals surface area contributed by atoms with Gasteiger partial charge in [0.15, 0.2) is 0 Å². The SMILES string of the molecule is CC(=O)N1CCC2(CC1)Cc1cc([N+](=O)[O-])ccc1O2. The topological polar surface area (TPSA) is 72.7 Å². The minimum Gasteiger partial charge on any atom is -0.487 e. The van der Waals surface area contributed by atoms with Gasteiger partial charge in [-0.25, -0.2) is 0 Å². The molecule has 2 aliphatic rings. The van der Waals surface area contributed by atoms with E-state index in [0.29, 0.717) is 19.5 Å². The number of amides is 1. The van der Waals surface area contributed by atoms with E-state index in [1.807, 2.05) is 4.90 Å². The quantitative estimate of drug-likeness (QED) is 0.580. The number of benzene rings is 1. The van der Waals surface area contributed by atoms with Gasteiger partial charge in [-0.2, -0.15) is 0 Å². The smallest absolute Gasteiger partial charge is 0.269 e. The Morgan fingerprint density at radius 1 is 1.40 bits per heavy atom. The van der Waals surface area contributed by atoms with Gasteiger partial charge in [-0.05, 0) is 6.07 Å². The van der Waals surface area contributed by atoms with E-state index in [-0.39, 0.29) is 22.1 Å². The lowest BCUT2D eigenvalue weighted by atomic mass is 9.87. The van der Waals surface area contributed by atoms with Crippen LogP contribution in [0.4, 0.5) is 5.69 Å². The number of ether oxygens (including phenoxy) is 1. The molecule has 0 unspecified atom stereocenters. The number of nitro benzene ring substituents is 1. The van der Waals surface area contributed by atoms with Gasteiger partial charge in [0.05, 0.1) is 4.92 Å². The Hall–Kier alpha value is -2.11. The zero-order valence-electron chi connectivity index (χ0n) is 11.3. The van der Waals surface area contributed by atoms with E-state index >= 15 is 0 Å². The number of nitrogens with zero attached hydrogens (tertiary/aromatic N) is 2. The van der Waals surface area contributed by atoms with E-state index in [2.05, 4.69) is 0 Å². The Morgan fingerprint density at radius 3 is 2.70 bits per heavy atom. The molecule has 1 aromatic rings. The maximum atomic E-state index is 11.4. The first-order valence-corrected chi connectivity index (χ1v) is 6.71. The predicted molar refractivity (Wildman–Crippen MR) is 71.6 cm³/mol. The lowest BCUT2D eigenvalue weighted by molar-refractivity contribution is -0.384. The van der Waals surface area contributed by atoms with E-state index in [4.69, 9.17) is 4.74 Å². The van der Waals surface area contributed by atoms with Crippen LogP contribution in [0.5, 0.6) is 5.75 Å². The molecule has 6 heteroatoms. The molecule has 20 heavy (non-hydrogen) atoms. The van der Waals surface area contributed by atoms with Crippen LogP contribution in [0.1, 0.15) is 25.3 Å². The highest BCUT2D eigenvalue weighted by Crippen LogP contribution is 2.42. The van der Waals surface area contributed by atoms with Crippen molar-refractivity contribution in [2.24, 2.45) is 0 Å². The number of hydrogen-bond donors (Lipinski definition) is 0. The first-order chi connectivity index (χ1) is 9.49. The third kappa shape index (κ3) is 2.11. The molecular formula is C14H16N2O4. The molecule has 1 saturated heterocycles. The van der Waals surface area contributed by atoms with E-state index in [1.54, 1.807) is 19.1 Å². The van der Waals surface area contributed by atoms with Crippen molar-refractivity contribution < 1.29 is 14.5 Å². The molecule has 1 fully saturated rings. The van der Waals surface area contributed by atoms with Crippen LogP contribution in [0.25, 0.3) is 0 Å². The fraction of sp³-hybridized carbons (Fsp3) is 0.500. The van der Waals surface area contributed by atoms with Gasteiger partial charge in [0, 0.05) is 57.0 Å². The molecule has 1 amide bonds. The third-order valence-corrected chi connectivity index (χ3v) is 4.21. The molecule has 0 radical (unpaired) electrons. The van der Waals surface area contributed by atoms with Crippen LogP contribution >= 0.6 is 0 Å². The predicted octanol–water partition coefficient (Wildman–Crippen LogP) is 1.91. The van der Waals surface area contributed by atoms with Gasteiger partial charge in [-0.3, -0.25) is 14.9 Å². The zero-order chi connectivity index (χ0) is 14.3. The summed E-state index contributed by atoms with van der Waals surface area (Å²) in [5.41, 5.74) is 0.713. The van der Waals surface area contributed by atoms with Gasteiger partial charge in [0.1, 0.15) is 11.4 Å². The number of nitro groups is 1. The van der Waals surface area contributed by atoms with Crippen molar-refractivity contribution in [2.75, 3.05) is 13.1 Å². The van der Waals surface area contributed by atoms with E-state index in [9.17, 15) is 14.9 Å². The lowest BCUT2D eigenvalue weighted by Gasteiger charge is -2.38. The summed E-state index contributed by atoms with van der Waals surface area (Å²) in [6.07, 6.45) is 2.24. The maximum absolute atomic E-state index is 11.4. The van der Waals surface area contributed by atoms with E-state index in [0.717, 1.165) is 24.2 Å². The number of rotatable bonds is 1. The summed E-state index contributed by atoms with van der Waals surface area (Å²) in [6, 6.07) is 4.75. The normalized spacial score (nSPS) is 19.6. The van der Waals surface area contributed by atoms with Crippen molar-refractivity contribution in [3.05, 3.63) is 33.9 Å². The Morgan fingerprint density at radius 2 is 2.10 bits per heavy atom. The number of fused-ring (bicyclic) bond motifs is 1. The summed E-state index contributed by atoms with van der Waals surface area (Å²) in [6.45, 7) is 2.95. The number of carbonyl (C=O) groups excluding carboxylic acids is 1. The molecule has 0 saturated carbocycles. The molecule has 1 spiro atoms. The minimum absolute atomic E-state index is 0.0889. The van der Waals surface area contributed by atoms with Crippen LogP contribution < -0.4 is 4.74 Å². The van der Waals surface area contributed by atoms with Crippen molar-refractivity contribution in [1.29, 1.82) is 0 Å². The molecule has 2 aliphatic heterocycles. The first-order valence-electron chi connectivity index (χ1n) is 6.71. The third-order valence-electron chi connectivity index (χ3n) is 4.21. The van der Waals surface area contributed by atoms with Crippen LogP contribution in [0, 0.1) is 10.1 Å². The monoisotopic (exact) mass is 276 g/mol.